The Morgan fingerprint density at radius 1 is 1.09 bits per heavy atom. The van der Waals surface area contributed by atoms with Gasteiger partial charge in [-0.3, -0.25) is 19.4 Å². The Hall–Kier alpha value is -5.01. The zero-order valence-corrected chi connectivity index (χ0v) is 23.6. The van der Waals surface area contributed by atoms with Gasteiger partial charge in [0.15, 0.2) is 11.5 Å². The van der Waals surface area contributed by atoms with Gasteiger partial charge in [-0.2, -0.15) is 0 Å². The Labute approximate surface area is 245 Å². The van der Waals surface area contributed by atoms with Gasteiger partial charge in [-0.25, -0.2) is 34.1 Å². The Kier molecular flexibility index (Phi) is 6.47. The number of anilines is 3. The first-order chi connectivity index (χ1) is 20.8. The third-order valence-corrected chi connectivity index (χ3v) is 7.99. The second kappa shape index (κ2) is 10.4. The van der Waals surface area contributed by atoms with Gasteiger partial charge in [-0.15, -0.1) is 0 Å². The fraction of sp³-hybridized carbons (Fsp3) is 0.379. The number of imide groups is 1. The Balaban J connectivity index is 1.09. The number of aromatic nitrogens is 6. The van der Waals surface area contributed by atoms with E-state index in [0.29, 0.717) is 41.0 Å². The zero-order valence-electron chi connectivity index (χ0n) is 23.6. The van der Waals surface area contributed by atoms with Crippen molar-refractivity contribution < 1.29 is 18.8 Å². The molecule has 1 saturated heterocycles. The normalized spacial score (nSPS) is 19.8. The van der Waals surface area contributed by atoms with Crippen molar-refractivity contribution in [2.24, 2.45) is 5.92 Å². The van der Waals surface area contributed by atoms with E-state index in [1.165, 1.54) is 11.9 Å². The highest BCUT2D eigenvalue weighted by atomic mass is 19.1. The molecule has 0 aromatic carbocycles. The summed E-state index contributed by atoms with van der Waals surface area (Å²) >= 11 is 0. The summed E-state index contributed by atoms with van der Waals surface area (Å²) in [5, 5.41) is 5.93. The van der Waals surface area contributed by atoms with E-state index in [1.807, 2.05) is 29.8 Å². The molecule has 5 heterocycles. The van der Waals surface area contributed by atoms with Gasteiger partial charge in [0.05, 0.1) is 17.9 Å². The highest BCUT2D eigenvalue weighted by molar-refractivity contribution is 6.13. The zero-order chi connectivity index (χ0) is 29.8. The Morgan fingerprint density at radius 3 is 2.63 bits per heavy atom. The molecule has 0 radical (unpaired) electrons. The van der Waals surface area contributed by atoms with Crippen LogP contribution in [0.3, 0.4) is 0 Å². The maximum atomic E-state index is 13.6. The number of nitrogens with zero attached hydrogens (tertiary/aromatic N) is 8. The molecule has 1 aliphatic heterocycles. The quantitative estimate of drug-likeness (QED) is 0.282. The van der Waals surface area contributed by atoms with Gasteiger partial charge in [0.2, 0.25) is 11.8 Å². The number of amides is 4. The molecule has 3 aliphatic rings. The van der Waals surface area contributed by atoms with Crippen LogP contribution in [0.2, 0.25) is 0 Å². The predicted molar refractivity (Wildman–Crippen MR) is 153 cm³/mol. The number of fused-ring (bicyclic) bond motifs is 1. The molecule has 13 nitrogen and oxygen atoms in total. The summed E-state index contributed by atoms with van der Waals surface area (Å²) < 4.78 is 15.5. The van der Waals surface area contributed by atoms with Gasteiger partial charge in [-0.05, 0) is 49.8 Å². The van der Waals surface area contributed by atoms with Crippen LogP contribution in [0.15, 0.2) is 36.8 Å². The number of likely N-dealkylation sites (N-methyl/N-ethyl adjacent to an activating group) is 1. The first kappa shape index (κ1) is 26.9. The van der Waals surface area contributed by atoms with Crippen molar-refractivity contribution in [3.63, 3.8) is 0 Å². The van der Waals surface area contributed by atoms with E-state index < -0.39 is 6.67 Å². The summed E-state index contributed by atoms with van der Waals surface area (Å²) in [5.74, 6) is 0.659. The van der Waals surface area contributed by atoms with E-state index in [-0.39, 0.29) is 54.4 Å². The molecule has 43 heavy (non-hydrogen) atoms. The van der Waals surface area contributed by atoms with Crippen molar-refractivity contribution in [2.45, 2.75) is 51.2 Å². The lowest BCUT2D eigenvalue weighted by Gasteiger charge is -2.17. The molecule has 1 unspecified atom stereocenters. The highest BCUT2D eigenvalue weighted by Crippen LogP contribution is 2.46. The number of alkyl halides is 1. The monoisotopic (exact) mass is 584 g/mol. The summed E-state index contributed by atoms with van der Waals surface area (Å²) in [4.78, 5) is 62.3. The van der Waals surface area contributed by atoms with Gasteiger partial charge >= 0.3 is 6.03 Å². The molecule has 4 amide bonds. The van der Waals surface area contributed by atoms with Crippen molar-refractivity contribution in [1.29, 1.82) is 0 Å². The minimum Gasteiger partial charge on any atom is -0.364 e. The average Bonchev–Trinajstić information content (AvgIpc) is 3.93. The second-order valence-electron chi connectivity index (χ2n) is 11.3. The first-order valence-electron chi connectivity index (χ1n) is 14.1. The van der Waals surface area contributed by atoms with E-state index in [9.17, 15) is 18.8 Å². The van der Waals surface area contributed by atoms with Crippen LogP contribution in [0.4, 0.5) is 26.5 Å². The largest absolute Gasteiger partial charge is 0.364 e. The number of carbonyl (C=O) groups is 3. The Morgan fingerprint density at radius 2 is 1.91 bits per heavy atom. The lowest BCUT2D eigenvalue weighted by molar-refractivity contribution is -0.124. The van der Waals surface area contributed by atoms with E-state index in [4.69, 9.17) is 4.98 Å². The number of halogens is 1. The third-order valence-electron chi connectivity index (χ3n) is 7.99. The molecule has 2 N–H and O–H groups in total. The molecular formula is C29H29FN10O3. The van der Waals surface area contributed by atoms with Gasteiger partial charge in [0.25, 0.3) is 0 Å². The molecule has 2 aliphatic carbocycles. The Bertz CT molecular complexity index is 1790. The first-order valence-corrected chi connectivity index (χ1v) is 14.1. The minimum absolute atomic E-state index is 0.0411. The van der Waals surface area contributed by atoms with Crippen molar-refractivity contribution in [2.75, 3.05) is 29.1 Å². The molecule has 7 rings (SSSR count). The van der Waals surface area contributed by atoms with Crippen molar-refractivity contribution >= 4 is 40.8 Å². The van der Waals surface area contributed by atoms with Crippen LogP contribution in [0, 0.1) is 12.8 Å². The number of imidazole rings is 1. The van der Waals surface area contributed by atoms with E-state index >= 15 is 0 Å². The summed E-state index contributed by atoms with van der Waals surface area (Å²) in [6.07, 6.45) is 8.32. The van der Waals surface area contributed by atoms with Crippen LogP contribution in [-0.4, -0.2) is 65.7 Å². The number of hydrogen-bond acceptors (Lipinski definition) is 9. The molecule has 4 aromatic heterocycles. The predicted octanol–water partition coefficient (Wildman–Crippen LogP) is 3.32. The summed E-state index contributed by atoms with van der Waals surface area (Å²) in [6.45, 7) is 1.17. The minimum atomic E-state index is -0.903. The fourth-order valence-corrected chi connectivity index (χ4v) is 5.39. The molecule has 14 heteroatoms. The lowest BCUT2D eigenvalue weighted by Crippen LogP contribution is -2.30. The molecular weight excluding hydrogens is 555 g/mol. The standard InChI is InChI=1S/C29H29FN10O3/c1-15-5-6-31-26(33-15)19-8-20(19)28(42)37-23-9-22(35-24(10-30)36-23)32-11-18-13-39-12-17(16-3-4-16)7-21(27(39)34-18)40-14-25(41)38(2)29(40)43/h5-7,9,12-13,16,19-20H,3-4,8,10-11,14H2,1-2H3,(H2,32,35,36,37,42)/t19?,20-/m0/s1. The maximum Gasteiger partial charge on any atom is 0.331 e. The van der Waals surface area contributed by atoms with Crippen LogP contribution >= 0.6 is 0 Å². The molecule has 3 fully saturated rings. The number of carbonyl (C=O) groups excluding carboxylic acids is 3. The number of urea groups is 1. The number of hydrogen-bond donors (Lipinski definition) is 2. The van der Waals surface area contributed by atoms with Crippen molar-refractivity contribution in [3.05, 3.63) is 65.4 Å². The fourth-order valence-electron chi connectivity index (χ4n) is 5.39. The molecule has 0 spiro atoms. The number of rotatable bonds is 9. The van der Waals surface area contributed by atoms with Crippen LogP contribution < -0.4 is 15.5 Å². The maximum absolute atomic E-state index is 13.6. The lowest BCUT2D eigenvalue weighted by atomic mass is 10.1. The molecule has 0 bridgehead atoms. The molecule has 2 atom stereocenters. The van der Waals surface area contributed by atoms with Gasteiger partial charge in [-0.1, -0.05) is 0 Å². The number of aryl methyl sites for hydroxylation is 1. The summed E-state index contributed by atoms with van der Waals surface area (Å²) in [6, 6.07) is 4.92. The van der Waals surface area contributed by atoms with Crippen LogP contribution in [-0.2, 0) is 22.8 Å². The van der Waals surface area contributed by atoms with Crippen molar-refractivity contribution in [3.8, 4) is 0 Å². The van der Waals surface area contributed by atoms with E-state index in [1.54, 1.807) is 18.3 Å². The molecule has 2 saturated carbocycles. The van der Waals surface area contributed by atoms with E-state index in [2.05, 4.69) is 30.6 Å². The second-order valence-corrected chi connectivity index (χ2v) is 11.3. The van der Waals surface area contributed by atoms with Gasteiger partial charge < -0.3 is 15.0 Å². The van der Waals surface area contributed by atoms with E-state index in [0.717, 1.165) is 29.0 Å². The SMILES string of the molecule is Cc1ccnc(C2C[C@@H]2C(=O)Nc2cc(NCc3cn4cc(C5CC5)cc(N5CC(=O)N(C)C5=O)c4n3)nc(CF)n2)n1. The van der Waals surface area contributed by atoms with Crippen LogP contribution in [0.1, 0.15) is 59.7 Å². The highest BCUT2D eigenvalue weighted by Gasteiger charge is 2.46. The molecule has 4 aromatic rings. The topological polar surface area (TPSA) is 151 Å². The molecule has 220 valence electrons. The summed E-state index contributed by atoms with van der Waals surface area (Å²) in [7, 11) is 1.47. The summed E-state index contributed by atoms with van der Waals surface area (Å²) in [5.41, 5.74) is 3.71. The third kappa shape index (κ3) is 5.24. The van der Waals surface area contributed by atoms with Crippen LogP contribution in [0.5, 0.6) is 0 Å². The average molecular weight is 585 g/mol. The van der Waals surface area contributed by atoms with Gasteiger partial charge in [0.1, 0.15) is 30.7 Å². The van der Waals surface area contributed by atoms with Crippen LogP contribution in [0.25, 0.3) is 5.65 Å². The van der Waals surface area contributed by atoms with Gasteiger partial charge in [0, 0.05) is 49.2 Å². The van der Waals surface area contributed by atoms with Crippen molar-refractivity contribution in [1.82, 2.24) is 34.2 Å². The number of nitrogens with one attached hydrogen (secondary N) is 2. The smallest absolute Gasteiger partial charge is 0.331 e. The number of pyridine rings is 1.